The number of aryl methyl sites for hydroxylation is 2. The first-order valence-corrected chi connectivity index (χ1v) is 10.2. The number of carbonyl (C=O) groups excluding carboxylic acids is 2. The van der Waals surface area contributed by atoms with E-state index in [-0.39, 0.29) is 11.7 Å². The van der Waals surface area contributed by atoms with E-state index in [0.717, 1.165) is 44.7 Å². The third kappa shape index (κ3) is 2.90. The third-order valence-electron chi connectivity index (χ3n) is 5.23. The molecule has 2 aromatic carbocycles. The molecule has 1 aliphatic rings. The molecule has 0 aliphatic carbocycles. The van der Waals surface area contributed by atoms with E-state index >= 15 is 0 Å². The highest BCUT2D eigenvalue weighted by molar-refractivity contribution is 7.18. The maximum absolute atomic E-state index is 12.9. The van der Waals surface area contributed by atoms with E-state index in [0.29, 0.717) is 24.2 Å². The minimum atomic E-state index is -0.0465. The summed E-state index contributed by atoms with van der Waals surface area (Å²) in [5, 5.41) is 4.94. The third-order valence-corrected chi connectivity index (χ3v) is 6.16. The number of hydrogen-bond acceptors (Lipinski definition) is 4. The van der Waals surface area contributed by atoms with Crippen LogP contribution in [0.2, 0.25) is 0 Å². The minimum absolute atomic E-state index is 0.0465. The van der Waals surface area contributed by atoms with Crippen molar-refractivity contribution in [3.8, 4) is 0 Å². The van der Waals surface area contributed by atoms with Gasteiger partial charge in [-0.2, -0.15) is 0 Å². The number of Topliss-reactive ketones (excluding diaryl/α,β-unsaturated/α-hetero) is 1. The quantitative estimate of drug-likeness (QED) is 0.536. The number of hydrogen-bond donors (Lipinski definition) is 1. The van der Waals surface area contributed by atoms with Crippen LogP contribution < -0.4 is 5.32 Å². The molecule has 5 rings (SSSR count). The average Bonchev–Trinajstić information content (AvgIpc) is 3.18. The fourth-order valence-electron chi connectivity index (χ4n) is 3.87. The molecule has 6 heteroatoms. The molecular formula is C22H19N3O2S. The van der Waals surface area contributed by atoms with Gasteiger partial charge in [0.25, 0.3) is 5.91 Å². The second kappa shape index (κ2) is 6.56. The zero-order valence-corrected chi connectivity index (χ0v) is 16.3. The van der Waals surface area contributed by atoms with Crippen LogP contribution in [0.25, 0.3) is 21.1 Å². The van der Waals surface area contributed by atoms with E-state index in [1.54, 1.807) is 11.3 Å². The van der Waals surface area contributed by atoms with Crippen molar-refractivity contribution in [2.75, 3.05) is 6.54 Å². The Morgan fingerprint density at radius 3 is 3.00 bits per heavy atom. The number of benzene rings is 2. The van der Waals surface area contributed by atoms with Crippen LogP contribution in [0.1, 0.15) is 37.8 Å². The van der Waals surface area contributed by atoms with Gasteiger partial charge in [-0.15, -0.1) is 11.3 Å². The summed E-state index contributed by atoms with van der Waals surface area (Å²) in [4.78, 5) is 29.6. The van der Waals surface area contributed by atoms with Gasteiger partial charge in [-0.3, -0.25) is 9.59 Å². The smallest absolute Gasteiger partial charge is 0.267 e. The first kappa shape index (κ1) is 17.1. The van der Waals surface area contributed by atoms with Crippen molar-refractivity contribution < 1.29 is 9.59 Å². The van der Waals surface area contributed by atoms with Gasteiger partial charge in [-0.05, 0) is 43.2 Å². The SMILES string of the molecule is Cc1nc2ccc(CC(=O)c3ccc4cc5n(c4c3)CCCNC5=O)cc2s1. The minimum Gasteiger partial charge on any atom is -0.351 e. The lowest BCUT2D eigenvalue weighted by Crippen LogP contribution is -2.22. The molecule has 0 saturated carbocycles. The molecule has 0 unspecified atom stereocenters. The molecule has 1 amide bonds. The second-order valence-electron chi connectivity index (χ2n) is 7.20. The molecule has 0 spiro atoms. The van der Waals surface area contributed by atoms with Crippen molar-refractivity contribution in [3.05, 3.63) is 64.3 Å². The summed E-state index contributed by atoms with van der Waals surface area (Å²) in [5.41, 5.74) is 4.28. The molecular weight excluding hydrogens is 370 g/mol. The van der Waals surface area contributed by atoms with Crippen molar-refractivity contribution in [2.24, 2.45) is 0 Å². The first-order valence-electron chi connectivity index (χ1n) is 9.39. The van der Waals surface area contributed by atoms with Crippen molar-refractivity contribution in [1.82, 2.24) is 14.9 Å². The highest BCUT2D eigenvalue weighted by atomic mass is 32.1. The lowest BCUT2D eigenvalue weighted by atomic mass is 10.0. The number of rotatable bonds is 3. The van der Waals surface area contributed by atoms with Gasteiger partial charge in [0.1, 0.15) is 5.69 Å². The number of nitrogens with one attached hydrogen (secondary N) is 1. The Balaban J connectivity index is 1.48. The van der Waals surface area contributed by atoms with Crippen LogP contribution in [0.5, 0.6) is 0 Å². The van der Waals surface area contributed by atoms with E-state index in [4.69, 9.17) is 0 Å². The Labute approximate surface area is 166 Å². The maximum Gasteiger partial charge on any atom is 0.267 e. The van der Waals surface area contributed by atoms with Crippen molar-refractivity contribution in [1.29, 1.82) is 0 Å². The second-order valence-corrected chi connectivity index (χ2v) is 8.43. The van der Waals surface area contributed by atoms with E-state index in [2.05, 4.69) is 16.4 Å². The molecule has 0 fully saturated rings. The van der Waals surface area contributed by atoms with E-state index in [1.807, 2.05) is 47.9 Å². The van der Waals surface area contributed by atoms with Gasteiger partial charge < -0.3 is 9.88 Å². The summed E-state index contributed by atoms with van der Waals surface area (Å²) >= 11 is 1.65. The normalized spacial score (nSPS) is 14.1. The van der Waals surface area contributed by atoms with Crippen molar-refractivity contribution in [3.63, 3.8) is 0 Å². The molecule has 0 bridgehead atoms. The number of fused-ring (bicyclic) bond motifs is 4. The topological polar surface area (TPSA) is 64.0 Å². The van der Waals surface area contributed by atoms with Gasteiger partial charge in [0.05, 0.1) is 15.2 Å². The van der Waals surface area contributed by atoms with Crippen molar-refractivity contribution in [2.45, 2.75) is 26.3 Å². The Bertz CT molecular complexity index is 1250. The molecule has 0 saturated heterocycles. The monoisotopic (exact) mass is 389 g/mol. The largest absolute Gasteiger partial charge is 0.351 e. The van der Waals surface area contributed by atoms with Crippen LogP contribution in [0, 0.1) is 6.92 Å². The summed E-state index contributed by atoms with van der Waals surface area (Å²) in [6.45, 7) is 3.45. The molecule has 0 atom stereocenters. The highest BCUT2D eigenvalue weighted by Crippen LogP contribution is 2.25. The molecule has 2 aromatic heterocycles. The van der Waals surface area contributed by atoms with Crippen LogP contribution in [-0.4, -0.2) is 27.8 Å². The highest BCUT2D eigenvalue weighted by Gasteiger charge is 2.19. The predicted molar refractivity (Wildman–Crippen MR) is 111 cm³/mol. The van der Waals surface area contributed by atoms with Gasteiger partial charge in [-0.1, -0.05) is 18.2 Å². The van der Waals surface area contributed by atoms with Gasteiger partial charge in [0, 0.05) is 36.0 Å². The van der Waals surface area contributed by atoms with Gasteiger partial charge in [0.2, 0.25) is 0 Å². The van der Waals surface area contributed by atoms with Crippen LogP contribution >= 0.6 is 11.3 Å². The number of nitrogens with zero attached hydrogens (tertiary/aromatic N) is 2. The molecule has 5 nitrogen and oxygen atoms in total. The summed E-state index contributed by atoms with van der Waals surface area (Å²) in [5.74, 6) is 0.0332. The molecule has 1 aliphatic heterocycles. The Hall–Kier alpha value is -2.99. The Morgan fingerprint density at radius 1 is 1.21 bits per heavy atom. The average molecular weight is 389 g/mol. The number of carbonyl (C=O) groups is 2. The molecule has 4 aromatic rings. The molecule has 28 heavy (non-hydrogen) atoms. The summed E-state index contributed by atoms with van der Waals surface area (Å²) in [6, 6.07) is 13.6. The number of amides is 1. The standard InChI is InChI=1S/C22H19N3O2S/c1-13-24-17-6-3-14(10-21(17)28-13)9-20(26)16-5-4-15-11-19-22(27)23-7-2-8-25(19)18(15)12-16/h3-6,10-12H,2,7-9H2,1H3,(H,23,27). The summed E-state index contributed by atoms with van der Waals surface area (Å²) in [6.07, 6.45) is 1.24. The van der Waals surface area contributed by atoms with Crippen molar-refractivity contribution >= 4 is 44.1 Å². The van der Waals surface area contributed by atoms with E-state index in [1.165, 1.54) is 0 Å². The number of ketones is 1. The number of aromatic nitrogens is 2. The summed E-state index contributed by atoms with van der Waals surface area (Å²) < 4.78 is 3.14. The fourth-order valence-corrected chi connectivity index (χ4v) is 4.76. The molecule has 140 valence electrons. The first-order chi connectivity index (χ1) is 13.6. The zero-order chi connectivity index (χ0) is 19.3. The Kier molecular flexibility index (Phi) is 4.02. The van der Waals surface area contributed by atoms with E-state index < -0.39 is 0 Å². The van der Waals surface area contributed by atoms with Crippen LogP contribution in [0.15, 0.2) is 42.5 Å². The fraction of sp³-hybridized carbons (Fsp3) is 0.227. The molecule has 0 radical (unpaired) electrons. The molecule has 1 N–H and O–H groups in total. The Morgan fingerprint density at radius 2 is 2.11 bits per heavy atom. The van der Waals surface area contributed by atoms with Crippen LogP contribution in [0.4, 0.5) is 0 Å². The maximum atomic E-state index is 12.9. The predicted octanol–water partition coefficient (Wildman–Crippen LogP) is 4.12. The van der Waals surface area contributed by atoms with Crippen LogP contribution in [-0.2, 0) is 13.0 Å². The van der Waals surface area contributed by atoms with E-state index in [9.17, 15) is 9.59 Å². The van der Waals surface area contributed by atoms with Gasteiger partial charge >= 0.3 is 0 Å². The summed E-state index contributed by atoms with van der Waals surface area (Å²) in [7, 11) is 0. The van der Waals surface area contributed by atoms with Gasteiger partial charge in [0.15, 0.2) is 5.78 Å². The molecule has 3 heterocycles. The number of thiazole rings is 1. The zero-order valence-electron chi connectivity index (χ0n) is 15.5. The lowest BCUT2D eigenvalue weighted by Gasteiger charge is -2.07. The lowest BCUT2D eigenvalue weighted by molar-refractivity contribution is 0.0950. The van der Waals surface area contributed by atoms with Gasteiger partial charge in [-0.25, -0.2) is 4.98 Å². The van der Waals surface area contributed by atoms with Crippen LogP contribution in [0.3, 0.4) is 0 Å².